The Bertz CT molecular complexity index is 912. The number of hydrogen-bond donors (Lipinski definition) is 1. The number of halogens is 1. The summed E-state index contributed by atoms with van der Waals surface area (Å²) in [5.74, 6) is 1.40. The van der Waals surface area contributed by atoms with Gasteiger partial charge in [-0.3, -0.25) is 9.80 Å². The van der Waals surface area contributed by atoms with Gasteiger partial charge in [0.15, 0.2) is 0 Å². The second-order valence-corrected chi connectivity index (χ2v) is 7.36. The molecule has 0 aliphatic carbocycles. The van der Waals surface area contributed by atoms with Crippen molar-refractivity contribution >= 4 is 0 Å². The summed E-state index contributed by atoms with van der Waals surface area (Å²) >= 11 is 0. The molecule has 3 aromatic rings. The van der Waals surface area contributed by atoms with Crippen LogP contribution >= 0.6 is 0 Å². The van der Waals surface area contributed by atoms with Gasteiger partial charge in [-0.1, -0.05) is 18.2 Å². The lowest BCUT2D eigenvalue weighted by atomic mass is 10.2. The molecule has 0 radical (unpaired) electrons. The largest absolute Gasteiger partial charge is 0.491 e. The van der Waals surface area contributed by atoms with Crippen molar-refractivity contribution in [2.75, 3.05) is 39.3 Å². The molecule has 1 unspecified atom stereocenters. The van der Waals surface area contributed by atoms with Gasteiger partial charge in [0.2, 0.25) is 11.8 Å². The number of benzene rings is 2. The first-order valence-electron chi connectivity index (χ1n) is 10.0. The van der Waals surface area contributed by atoms with Crippen LogP contribution in [0, 0.1) is 5.82 Å². The molecule has 0 spiro atoms. The lowest BCUT2D eigenvalue weighted by Crippen LogP contribution is -2.48. The van der Waals surface area contributed by atoms with Crippen LogP contribution in [-0.4, -0.2) is 70.5 Å². The summed E-state index contributed by atoms with van der Waals surface area (Å²) in [5, 5.41) is 18.4. The summed E-state index contributed by atoms with van der Waals surface area (Å²) in [6.07, 6.45) is -0.536. The summed E-state index contributed by atoms with van der Waals surface area (Å²) < 4.78 is 24.4. The minimum absolute atomic E-state index is 0.276. The monoisotopic (exact) mass is 412 g/mol. The van der Waals surface area contributed by atoms with Crippen molar-refractivity contribution in [3.05, 3.63) is 66.3 Å². The van der Waals surface area contributed by atoms with Crippen LogP contribution in [0.2, 0.25) is 0 Å². The predicted octanol–water partition coefficient (Wildman–Crippen LogP) is 2.43. The molecule has 0 saturated carbocycles. The fraction of sp³-hybridized carbons (Fsp3) is 0.364. The number of nitrogens with zero attached hydrogens (tertiary/aromatic N) is 4. The van der Waals surface area contributed by atoms with Crippen LogP contribution in [0.3, 0.4) is 0 Å². The Kier molecular flexibility index (Phi) is 6.68. The first kappa shape index (κ1) is 20.5. The quantitative estimate of drug-likeness (QED) is 0.609. The second-order valence-electron chi connectivity index (χ2n) is 7.36. The molecule has 1 aliphatic heterocycles. The highest BCUT2D eigenvalue weighted by molar-refractivity contribution is 5.51. The van der Waals surface area contributed by atoms with Crippen molar-refractivity contribution in [1.29, 1.82) is 0 Å². The lowest BCUT2D eigenvalue weighted by Gasteiger charge is -2.34. The maximum Gasteiger partial charge on any atom is 0.247 e. The average Bonchev–Trinajstić information content (AvgIpc) is 3.23. The zero-order valence-electron chi connectivity index (χ0n) is 16.7. The van der Waals surface area contributed by atoms with E-state index in [1.165, 1.54) is 12.1 Å². The van der Waals surface area contributed by atoms with E-state index in [9.17, 15) is 9.50 Å². The van der Waals surface area contributed by atoms with E-state index in [1.807, 2.05) is 30.3 Å². The number of hydrogen-bond acceptors (Lipinski definition) is 7. The second kappa shape index (κ2) is 9.80. The zero-order chi connectivity index (χ0) is 20.8. The number of β-amino-alcohol motifs (C(OH)–C–C–N with tert-alkyl or cyclic N) is 1. The highest BCUT2D eigenvalue weighted by atomic mass is 19.1. The van der Waals surface area contributed by atoms with E-state index in [4.69, 9.17) is 9.15 Å². The molecule has 8 heteroatoms. The summed E-state index contributed by atoms with van der Waals surface area (Å²) in [7, 11) is 0. The van der Waals surface area contributed by atoms with Crippen LogP contribution in [0.5, 0.6) is 5.75 Å². The summed E-state index contributed by atoms with van der Waals surface area (Å²) in [5.41, 5.74) is 0.701. The van der Waals surface area contributed by atoms with E-state index in [1.54, 1.807) is 12.1 Å². The molecule has 158 valence electrons. The summed E-state index contributed by atoms with van der Waals surface area (Å²) in [6, 6.07) is 15.5. The molecule has 1 atom stereocenters. The molecule has 1 aliphatic rings. The molecule has 1 N–H and O–H groups in total. The normalized spacial score (nSPS) is 16.5. The number of ether oxygens (including phenoxy) is 1. The Morgan fingerprint density at radius 1 is 0.967 bits per heavy atom. The van der Waals surface area contributed by atoms with E-state index < -0.39 is 6.10 Å². The third kappa shape index (κ3) is 5.63. The summed E-state index contributed by atoms with van der Waals surface area (Å²) in [4.78, 5) is 4.47. The van der Waals surface area contributed by atoms with Gasteiger partial charge < -0.3 is 14.3 Å². The summed E-state index contributed by atoms with van der Waals surface area (Å²) in [6.45, 7) is 4.82. The van der Waals surface area contributed by atoms with E-state index in [0.717, 1.165) is 31.9 Å². The van der Waals surface area contributed by atoms with Crippen LogP contribution < -0.4 is 4.74 Å². The van der Waals surface area contributed by atoms with E-state index in [0.29, 0.717) is 30.4 Å². The number of piperazine rings is 1. The molecule has 7 nitrogen and oxygen atoms in total. The standard InChI is InChI=1S/C22H25FN4O3/c23-18-8-6-17(7-9-18)22-25-24-21(30-22)15-27-12-10-26(11-13-27)14-19(28)16-29-20-4-2-1-3-5-20/h1-9,19,28H,10-16H2. The SMILES string of the molecule is OC(COc1ccccc1)CN1CCN(Cc2nnc(-c3ccc(F)cc3)o2)CC1. The van der Waals surface area contributed by atoms with Gasteiger partial charge in [-0.15, -0.1) is 10.2 Å². The molecule has 2 aromatic carbocycles. The molecule has 1 fully saturated rings. The van der Waals surface area contributed by atoms with Crippen LogP contribution in [0.15, 0.2) is 59.0 Å². The van der Waals surface area contributed by atoms with E-state index >= 15 is 0 Å². The highest BCUT2D eigenvalue weighted by Crippen LogP contribution is 2.19. The molecule has 2 heterocycles. The Labute approximate surface area is 174 Å². The van der Waals surface area contributed by atoms with Crippen molar-refractivity contribution < 1.29 is 18.7 Å². The average molecular weight is 412 g/mol. The molecular weight excluding hydrogens is 387 g/mol. The third-order valence-electron chi connectivity index (χ3n) is 5.04. The van der Waals surface area contributed by atoms with E-state index in [2.05, 4.69) is 20.0 Å². The Balaban J connectivity index is 1.20. The Morgan fingerprint density at radius 2 is 1.67 bits per heavy atom. The van der Waals surface area contributed by atoms with Crippen molar-refractivity contribution in [1.82, 2.24) is 20.0 Å². The Morgan fingerprint density at radius 3 is 2.40 bits per heavy atom. The number of aliphatic hydroxyl groups excluding tert-OH is 1. The van der Waals surface area contributed by atoms with Gasteiger partial charge in [0, 0.05) is 38.3 Å². The van der Waals surface area contributed by atoms with Gasteiger partial charge in [-0.2, -0.15) is 0 Å². The molecule has 1 saturated heterocycles. The molecule has 30 heavy (non-hydrogen) atoms. The van der Waals surface area contributed by atoms with Gasteiger partial charge in [0.05, 0.1) is 6.54 Å². The highest BCUT2D eigenvalue weighted by Gasteiger charge is 2.21. The topological polar surface area (TPSA) is 74.9 Å². The lowest BCUT2D eigenvalue weighted by molar-refractivity contribution is 0.0430. The maximum absolute atomic E-state index is 13.0. The van der Waals surface area contributed by atoms with Gasteiger partial charge >= 0.3 is 0 Å². The minimum atomic E-state index is -0.536. The molecule has 4 rings (SSSR count). The van der Waals surface area contributed by atoms with Crippen molar-refractivity contribution in [3.8, 4) is 17.2 Å². The van der Waals surface area contributed by atoms with Gasteiger partial charge in [0.1, 0.15) is 24.3 Å². The number of para-hydroxylation sites is 1. The maximum atomic E-state index is 13.0. The van der Waals surface area contributed by atoms with Gasteiger partial charge in [-0.05, 0) is 36.4 Å². The first-order valence-corrected chi connectivity index (χ1v) is 10.0. The fourth-order valence-corrected chi connectivity index (χ4v) is 3.41. The molecule has 1 aromatic heterocycles. The number of aromatic nitrogens is 2. The van der Waals surface area contributed by atoms with Crippen LogP contribution in [0.25, 0.3) is 11.5 Å². The molecular formula is C22H25FN4O3. The molecule has 0 amide bonds. The van der Waals surface area contributed by atoms with E-state index in [-0.39, 0.29) is 12.4 Å². The Hall–Kier alpha value is -2.81. The predicted molar refractivity (Wildman–Crippen MR) is 109 cm³/mol. The zero-order valence-corrected chi connectivity index (χ0v) is 16.7. The van der Waals surface area contributed by atoms with Crippen LogP contribution in [0.1, 0.15) is 5.89 Å². The first-order chi connectivity index (χ1) is 14.7. The van der Waals surface area contributed by atoms with Crippen LogP contribution in [0.4, 0.5) is 4.39 Å². The van der Waals surface area contributed by atoms with Crippen LogP contribution in [-0.2, 0) is 6.54 Å². The van der Waals surface area contributed by atoms with Crippen molar-refractivity contribution in [3.63, 3.8) is 0 Å². The number of aliphatic hydroxyl groups is 1. The van der Waals surface area contributed by atoms with Crippen molar-refractivity contribution in [2.24, 2.45) is 0 Å². The molecule has 0 bridgehead atoms. The number of rotatable bonds is 8. The smallest absolute Gasteiger partial charge is 0.247 e. The van der Waals surface area contributed by atoms with Crippen molar-refractivity contribution in [2.45, 2.75) is 12.6 Å². The van der Waals surface area contributed by atoms with Gasteiger partial charge in [-0.25, -0.2) is 4.39 Å². The fourth-order valence-electron chi connectivity index (χ4n) is 3.41. The van der Waals surface area contributed by atoms with Gasteiger partial charge in [0.25, 0.3) is 0 Å². The minimum Gasteiger partial charge on any atom is -0.491 e. The third-order valence-corrected chi connectivity index (χ3v) is 5.04.